The molecule has 0 saturated carbocycles. The smallest absolute Gasteiger partial charge is 0.344 e. The quantitative estimate of drug-likeness (QED) is 0.146. The summed E-state index contributed by atoms with van der Waals surface area (Å²) in [6, 6.07) is 20.8. The third-order valence-electron chi connectivity index (χ3n) is 4.40. The Morgan fingerprint density at radius 3 is 2.18 bits per heavy atom. The van der Waals surface area contributed by atoms with Crippen LogP contribution in [0.1, 0.15) is 13.3 Å². The molecule has 3 N–H and O–H groups in total. The number of nitrogens with one attached hydrogen (secondary N) is 1. The lowest BCUT2D eigenvalue weighted by atomic mass is 9.97. The number of methoxy groups -OCH3 is 1. The van der Waals surface area contributed by atoms with Gasteiger partial charge in [-0.3, -0.25) is 0 Å². The second-order valence-electron chi connectivity index (χ2n) is 7.11. The van der Waals surface area contributed by atoms with E-state index >= 15 is 0 Å². The van der Waals surface area contributed by atoms with Crippen LogP contribution in [0.2, 0.25) is 0 Å². The van der Waals surface area contributed by atoms with Gasteiger partial charge in [0.1, 0.15) is 0 Å². The highest BCUT2D eigenvalue weighted by Crippen LogP contribution is 2.21. The molecule has 3 rings (SSSR count). The number of hydrogen-bond acceptors (Lipinski definition) is 6. The number of nitrogens with two attached hydrogens (primary N) is 1. The highest BCUT2D eigenvalue weighted by atomic mass is 32.2. The molecule has 2 aromatic carbocycles. The van der Waals surface area contributed by atoms with E-state index in [0.29, 0.717) is 0 Å². The first-order valence-corrected chi connectivity index (χ1v) is 12.7. The second kappa shape index (κ2) is 18.0. The van der Waals surface area contributed by atoms with E-state index in [0.717, 1.165) is 41.3 Å². The summed E-state index contributed by atoms with van der Waals surface area (Å²) >= 11 is 2.87. The van der Waals surface area contributed by atoms with Crippen molar-refractivity contribution in [3.8, 4) is 11.1 Å². The van der Waals surface area contributed by atoms with Crippen molar-refractivity contribution in [1.29, 1.82) is 5.41 Å². The van der Waals surface area contributed by atoms with Crippen LogP contribution in [-0.4, -0.2) is 36.7 Å². The van der Waals surface area contributed by atoms with E-state index in [2.05, 4.69) is 85.0 Å². The lowest BCUT2D eigenvalue weighted by molar-refractivity contribution is -0.135. The number of thioether (sulfide) groups is 2. The number of benzene rings is 2. The molecule has 1 aliphatic carbocycles. The summed E-state index contributed by atoms with van der Waals surface area (Å²) in [6.45, 7) is 6.41. The molecule has 0 radical (unpaired) electrons. The van der Waals surface area contributed by atoms with Crippen molar-refractivity contribution < 1.29 is 9.53 Å². The van der Waals surface area contributed by atoms with Crippen molar-refractivity contribution in [1.82, 2.24) is 0 Å². The summed E-state index contributed by atoms with van der Waals surface area (Å²) in [5, 5.41) is 6.57. The lowest BCUT2D eigenvalue weighted by Gasteiger charge is -2.13. The highest BCUT2D eigenvalue weighted by Gasteiger charge is 2.05. The van der Waals surface area contributed by atoms with Crippen molar-refractivity contribution in [3.05, 3.63) is 95.9 Å². The van der Waals surface area contributed by atoms with Gasteiger partial charge in [-0.15, -0.1) is 0 Å². The standard InChI is InChI=1S/C12H10.C10H17NS.C5H7NO2S/c1-3-7-11(8-4-1)12-9-5-2-6-10-12;1-9-3-2-4-10(7-9)8-12-6-5-11;1-4(9-3-6)5(7)8-2/h1-10H;2-4,9H,5-8,11H2,1H3;3,6H,1H2,2H3/t;9-;/m.0./s1. The molecule has 0 aromatic heterocycles. The number of ether oxygens (including phenoxy) is 1. The summed E-state index contributed by atoms with van der Waals surface area (Å²) in [5.74, 6) is 2.48. The van der Waals surface area contributed by atoms with Crippen molar-refractivity contribution in [3.63, 3.8) is 0 Å². The van der Waals surface area contributed by atoms with Crippen LogP contribution in [-0.2, 0) is 9.53 Å². The van der Waals surface area contributed by atoms with E-state index in [-0.39, 0.29) is 4.91 Å². The van der Waals surface area contributed by atoms with Crippen LogP contribution in [0.4, 0.5) is 0 Å². The van der Waals surface area contributed by atoms with Crippen molar-refractivity contribution >= 4 is 35.0 Å². The van der Waals surface area contributed by atoms with E-state index in [9.17, 15) is 4.79 Å². The van der Waals surface area contributed by atoms with Gasteiger partial charge < -0.3 is 15.9 Å². The monoisotopic (exact) mass is 482 g/mol. The minimum absolute atomic E-state index is 0.229. The molecule has 0 amide bonds. The fourth-order valence-corrected chi connectivity index (χ4v) is 3.93. The Balaban J connectivity index is 0.000000251. The van der Waals surface area contributed by atoms with Gasteiger partial charge in [-0.1, -0.05) is 110 Å². The van der Waals surface area contributed by atoms with Crippen LogP contribution < -0.4 is 5.73 Å². The van der Waals surface area contributed by atoms with Crippen LogP contribution in [0.15, 0.2) is 95.9 Å². The maximum Gasteiger partial charge on any atom is 0.344 e. The Hall–Kier alpha value is -2.54. The molecule has 0 bridgehead atoms. The maximum atomic E-state index is 10.5. The van der Waals surface area contributed by atoms with Gasteiger partial charge in [-0.05, 0) is 23.5 Å². The van der Waals surface area contributed by atoms with Gasteiger partial charge in [0, 0.05) is 18.1 Å². The van der Waals surface area contributed by atoms with E-state index < -0.39 is 5.97 Å². The van der Waals surface area contributed by atoms with Crippen LogP contribution in [0, 0.1) is 11.3 Å². The normalized spacial score (nSPS) is 13.9. The maximum absolute atomic E-state index is 10.5. The van der Waals surface area contributed by atoms with Crippen molar-refractivity contribution in [2.75, 3.05) is 25.2 Å². The number of allylic oxidation sites excluding steroid dienone is 3. The minimum Gasteiger partial charge on any atom is -0.465 e. The van der Waals surface area contributed by atoms with Gasteiger partial charge in [0.15, 0.2) is 0 Å². The van der Waals surface area contributed by atoms with Gasteiger partial charge >= 0.3 is 5.97 Å². The van der Waals surface area contributed by atoms with Gasteiger partial charge in [-0.25, -0.2) is 4.79 Å². The SMILES string of the molecule is C=C(SC=N)C(=O)OC.C[C@H]1C=CC=C(CSCCN)C1.c1ccc(-c2ccccc2)cc1. The fraction of sp³-hybridized carbons (Fsp3) is 0.259. The highest BCUT2D eigenvalue weighted by molar-refractivity contribution is 8.16. The van der Waals surface area contributed by atoms with E-state index in [1.807, 2.05) is 23.9 Å². The minimum atomic E-state index is -0.483. The number of carbonyl (C=O) groups excluding carboxylic acids is 1. The number of carbonyl (C=O) groups is 1. The molecule has 0 aliphatic heterocycles. The van der Waals surface area contributed by atoms with Gasteiger partial charge in [0.2, 0.25) is 0 Å². The molecule has 1 atom stereocenters. The first kappa shape index (κ1) is 28.5. The molecule has 4 nitrogen and oxygen atoms in total. The summed E-state index contributed by atoms with van der Waals surface area (Å²) in [7, 11) is 1.28. The topological polar surface area (TPSA) is 76.2 Å². The van der Waals surface area contributed by atoms with Crippen LogP contribution in [0.5, 0.6) is 0 Å². The predicted octanol–water partition coefficient (Wildman–Crippen LogP) is 6.57. The average Bonchev–Trinajstić information content (AvgIpc) is 2.86. The third-order valence-corrected chi connectivity index (χ3v) is 6.07. The van der Waals surface area contributed by atoms with E-state index in [4.69, 9.17) is 11.1 Å². The molecule has 0 heterocycles. The van der Waals surface area contributed by atoms with Gasteiger partial charge in [0.25, 0.3) is 0 Å². The Labute approximate surface area is 206 Å². The van der Waals surface area contributed by atoms with E-state index in [1.165, 1.54) is 24.7 Å². The van der Waals surface area contributed by atoms with Crippen LogP contribution >= 0.6 is 23.5 Å². The van der Waals surface area contributed by atoms with Crippen molar-refractivity contribution in [2.45, 2.75) is 13.3 Å². The number of hydrogen-bond donors (Lipinski definition) is 2. The fourth-order valence-electron chi connectivity index (χ4n) is 2.82. The summed E-state index contributed by atoms with van der Waals surface area (Å²) < 4.78 is 4.30. The van der Waals surface area contributed by atoms with Gasteiger partial charge in [-0.2, -0.15) is 11.8 Å². The molecular formula is C27H34N2O2S2. The largest absolute Gasteiger partial charge is 0.465 e. The van der Waals surface area contributed by atoms with E-state index in [1.54, 1.807) is 5.57 Å². The molecule has 1 aliphatic rings. The molecule has 176 valence electrons. The number of esters is 1. The molecular weight excluding hydrogens is 448 g/mol. The zero-order chi connectivity index (χ0) is 24.3. The zero-order valence-corrected chi connectivity index (χ0v) is 21.0. The Morgan fingerprint density at radius 2 is 1.73 bits per heavy atom. The molecule has 33 heavy (non-hydrogen) atoms. The zero-order valence-electron chi connectivity index (χ0n) is 19.4. The van der Waals surface area contributed by atoms with Crippen molar-refractivity contribution in [2.24, 2.45) is 11.7 Å². The Morgan fingerprint density at radius 1 is 1.15 bits per heavy atom. The lowest BCUT2D eigenvalue weighted by Crippen LogP contribution is -2.04. The molecule has 6 heteroatoms. The molecule has 0 unspecified atom stereocenters. The summed E-state index contributed by atoms with van der Waals surface area (Å²) in [6.07, 6.45) is 7.90. The molecule has 0 saturated heterocycles. The average molecular weight is 483 g/mol. The summed E-state index contributed by atoms with van der Waals surface area (Å²) in [5.41, 5.74) is 10.6. The predicted molar refractivity (Wildman–Crippen MR) is 147 cm³/mol. The third kappa shape index (κ3) is 12.9. The first-order valence-electron chi connectivity index (χ1n) is 10.7. The van der Waals surface area contributed by atoms with Crippen LogP contribution in [0.25, 0.3) is 11.1 Å². The summed E-state index contributed by atoms with van der Waals surface area (Å²) in [4.78, 5) is 10.7. The molecule has 2 aromatic rings. The first-order chi connectivity index (χ1) is 16.0. The Kier molecular flexibility index (Phi) is 15.5. The Bertz CT molecular complexity index is 859. The number of rotatable bonds is 8. The molecule has 0 fully saturated rings. The second-order valence-corrected chi connectivity index (χ2v) is 9.18. The van der Waals surface area contributed by atoms with Gasteiger partial charge in [0.05, 0.1) is 17.6 Å². The van der Waals surface area contributed by atoms with Crippen LogP contribution in [0.3, 0.4) is 0 Å². The molecule has 0 spiro atoms.